The van der Waals surface area contributed by atoms with Gasteiger partial charge in [0, 0.05) is 17.2 Å². The second-order valence-electron chi connectivity index (χ2n) is 7.52. The van der Waals surface area contributed by atoms with Crippen LogP contribution in [0.1, 0.15) is 30.1 Å². The molecule has 9 nitrogen and oxygen atoms in total. The third-order valence-electron chi connectivity index (χ3n) is 5.11. The van der Waals surface area contributed by atoms with E-state index in [1.165, 1.54) is 0 Å². The molecule has 4 rings (SSSR count). The molecule has 2 aromatic heterocycles. The van der Waals surface area contributed by atoms with Crippen molar-refractivity contribution in [2.24, 2.45) is 0 Å². The molecule has 2 heterocycles. The van der Waals surface area contributed by atoms with E-state index in [-0.39, 0.29) is 12.5 Å². The van der Waals surface area contributed by atoms with Gasteiger partial charge in [-0.15, -0.1) is 15.3 Å². The summed E-state index contributed by atoms with van der Waals surface area (Å²) in [6.45, 7) is 3.39. The molecule has 176 valence electrons. The van der Waals surface area contributed by atoms with E-state index in [1.54, 1.807) is 48.0 Å². The summed E-state index contributed by atoms with van der Waals surface area (Å²) in [5.41, 5.74) is 2.02. The summed E-state index contributed by atoms with van der Waals surface area (Å²) in [6.07, 6.45) is 2.08. The average molecular weight is 462 g/mol. The van der Waals surface area contributed by atoms with Gasteiger partial charge in [0.1, 0.15) is 18.1 Å². The zero-order valence-corrected chi connectivity index (χ0v) is 19.2. The van der Waals surface area contributed by atoms with Gasteiger partial charge >= 0.3 is 0 Å². The van der Waals surface area contributed by atoms with Crippen molar-refractivity contribution >= 4 is 11.6 Å². The number of unbranched alkanes of at least 4 members (excludes halogenated alkanes) is 1. The molecule has 0 atom stereocenters. The number of carbonyl (C=O) groups excluding carboxylic acids is 1. The maximum absolute atomic E-state index is 12.4. The summed E-state index contributed by atoms with van der Waals surface area (Å²) < 4.78 is 18.2. The SMILES string of the molecule is CCCCOc1ccc(C(=O)NCCOc2ccc3nnc(-c4ccc(OC)cc4)n3n2)cc1. The highest BCUT2D eigenvalue weighted by molar-refractivity contribution is 5.94. The Balaban J connectivity index is 1.31. The van der Waals surface area contributed by atoms with Crippen LogP contribution in [-0.4, -0.2) is 52.6 Å². The molecule has 0 unspecified atom stereocenters. The van der Waals surface area contributed by atoms with Crippen LogP contribution in [0.25, 0.3) is 17.0 Å². The zero-order chi connectivity index (χ0) is 23.8. The lowest BCUT2D eigenvalue weighted by atomic mass is 10.2. The molecule has 0 spiro atoms. The normalized spacial score (nSPS) is 10.8. The molecular formula is C25H27N5O4. The van der Waals surface area contributed by atoms with Crippen LogP contribution in [0.3, 0.4) is 0 Å². The Labute approximate surface area is 197 Å². The standard InChI is InChI=1S/C25H27N5O4/c1-3-4-16-33-21-11-7-19(8-12-21)25(31)26-15-17-34-23-14-13-22-27-28-24(30(22)29-23)18-5-9-20(32-2)10-6-18/h5-14H,3-4,15-17H2,1-2H3,(H,26,31). The molecule has 0 fully saturated rings. The Morgan fingerprint density at radius 2 is 1.68 bits per heavy atom. The maximum Gasteiger partial charge on any atom is 0.251 e. The maximum atomic E-state index is 12.4. The van der Waals surface area contributed by atoms with E-state index >= 15 is 0 Å². The number of methoxy groups -OCH3 is 1. The van der Waals surface area contributed by atoms with Crippen LogP contribution in [0.5, 0.6) is 17.4 Å². The lowest BCUT2D eigenvalue weighted by Crippen LogP contribution is -2.28. The molecule has 9 heteroatoms. The highest BCUT2D eigenvalue weighted by Crippen LogP contribution is 2.22. The number of hydrogen-bond donors (Lipinski definition) is 1. The first-order valence-electron chi connectivity index (χ1n) is 11.2. The number of carbonyl (C=O) groups is 1. The Kier molecular flexibility index (Phi) is 7.54. The van der Waals surface area contributed by atoms with E-state index in [9.17, 15) is 4.79 Å². The van der Waals surface area contributed by atoms with Gasteiger partial charge in [0.2, 0.25) is 5.88 Å². The summed E-state index contributed by atoms with van der Waals surface area (Å²) in [5, 5.41) is 15.7. The van der Waals surface area contributed by atoms with Crippen LogP contribution >= 0.6 is 0 Å². The zero-order valence-electron chi connectivity index (χ0n) is 19.2. The van der Waals surface area contributed by atoms with Crippen LogP contribution in [0.15, 0.2) is 60.7 Å². The highest BCUT2D eigenvalue weighted by Gasteiger charge is 2.11. The predicted molar refractivity (Wildman–Crippen MR) is 127 cm³/mol. The van der Waals surface area contributed by atoms with Crippen molar-refractivity contribution in [3.8, 4) is 28.8 Å². The summed E-state index contributed by atoms with van der Waals surface area (Å²) in [6, 6.07) is 18.1. The van der Waals surface area contributed by atoms with E-state index in [0.29, 0.717) is 36.1 Å². The highest BCUT2D eigenvalue weighted by atomic mass is 16.5. The average Bonchev–Trinajstić information content (AvgIpc) is 3.30. The summed E-state index contributed by atoms with van der Waals surface area (Å²) in [7, 11) is 1.62. The number of hydrogen-bond acceptors (Lipinski definition) is 7. The first-order valence-corrected chi connectivity index (χ1v) is 11.2. The minimum Gasteiger partial charge on any atom is -0.497 e. The van der Waals surface area contributed by atoms with E-state index in [2.05, 4.69) is 27.5 Å². The molecule has 0 bridgehead atoms. The fraction of sp³-hybridized carbons (Fsp3) is 0.280. The Morgan fingerprint density at radius 3 is 2.41 bits per heavy atom. The third kappa shape index (κ3) is 5.61. The van der Waals surface area contributed by atoms with E-state index < -0.39 is 0 Å². The molecule has 4 aromatic rings. The number of ether oxygens (including phenoxy) is 3. The summed E-state index contributed by atoms with van der Waals surface area (Å²) >= 11 is 0. The van der Waals surface area contributed by atoms with Gasteiger partial charge in [-0.05, 0) is 61.0 Å². The first-order chi connectivity index (χ1) is 16.7. The summed E-state index contributed by atoms with van der Waals surface area (Å²) in [5.74, 6) is 2.35. The van der Waals surface area contributed by atoms with E-state index in [0.717, 1.165) is 29.9 Å². The molecule has 1 N–H and O–H groups in total. The van der Waals surface area contributed by atoms with Gasteiger partial charge in [-0.25, -0.2) is 0 Å². The molecule has 34 heavy (non-hydrogen) atoms. The largest absolute Gasteiger partial charge is 0.497 e. The number of nitrogens with zero attached hydrogens (tertiary/aromatic N) is 4. The van der Waals surface area contributed by atoms with Crippen LogP contribution in [0, 0.1) is 0 Å². The molecule has 0 radical (unpaired) electrons. The van der Waals surface area contributed by atoms with Gasteiger partial charge in [0.15, 0.2) is 11.5 Å². The fourth-order valence-corrected chi connectivity index (χ4v) is 3.23. The lowest BCUT2D eigenvalue weighted by Gasteiger charge is -2.09. The number of amides is 1. The lowest BCUT2D eigenvalue weighted by molar-refractivity contribution is 0.0946. The fourth-order valence-electron chi connectivity index (χ4n) is 3.23. The van der Waals surface area contributed by atoms with Crippen LogP contribution in [0.2, 0.25) is 0 Å². The molecule has 0 saturated heterocycles. The minimum absolute atomic E-state index is 0.173. The van der Waals surface area contributed by atoms with Crippen LogP contribution < -0.4 is 19.5 Å². The van der Waals surface area contributed by atoms with E-state index in [4.69, 9.17) is 14.2 Å². The van der Waals surface area contributed by atoms with Gasteiger partial charge < -0.3 is 19.5 Å². The van der Waals surface area contributed by atoms with Crippen LogP contribution in [-0.2, 0) is 0 Å². The predicted octanol–water partition coefficient (Wildman–Crippen LogP) is 3.79. The molecule has 0 saturated carbocycles. The minimum atomic E-state index is -0.173. The topological polar surface area (TPSA) is 99.9 Å². The number of nitrogens with one attached hydrogen (secondary N) is 1. The third-order valence-corrected chi connectivity index (χ3v) is 5.11. The smallest absolute Gasteiger partial charge is 0.251 e. The molecule has 0 aliphatic rings. The molecule has 0 aliphatic carbocycles. The first kappa shape index (κ1) is 23.0. The van der Waals surface area contributed by atoms with Gasteiger partial charge in [0.25, 0.3) is 5.91 Å². The quantitative estimate of drug-likeness (QED) is 0.339. The van der Waals surface area contributed by atoms with Crippen LogP contribution in [0.4, 0.5) is 0 Å². The monoisotopic (exact) mass is 461 g/mol. The van der Waals surface area contributed by atoms with Crippen molar-refractivity contribution in [2.75, 3.05) is 26.9 Å². The summed E-state index contributed by atoms with van der Waals surface area (Å²) in [4.78, 5) is 12.4. The Bertz CT molecular complexity index is 1220. The van der Waals surface area contributed by atoms with Gasteiger partial charge in [0.05, 0.1) is 20.3 Å². The number of benzene rings is 2. The van der Waals surface area contributed by atoms with Crippen molar-refractivity contribution < 1.29 is 19.0 Å². The van der Waals surface area contributed by atoms with Gasteiger partial charge in [-0.2, -0.15) is 4.52 Å². The Hall–Kier alpha value is -4.14. The number of aromatic nitrogens is 4. The van der Waals surface area contributed by atoms with Crippen molar-refractivity contribution in [1.29, 1.82) is 0 Å². The van der Waals surface area contributed by atoms with Crippen molar-refractivity contribution in [1.82, 2.24) is 25.1 Å². The molecule has 2 aromatic carbocycles. The van der Waals surface area contributed by atoms with Crippen molar-refractivity contribution in [3.05, 3.63) is 66.2 Å². The second kappa shape index (κ2) is 11.1. The Morgan fingerprint density at radius 1 is 0.912 bits per heavy atom. The number of rotatable bonds is 11. The molecular weight excluding hydrogens is 434 g/mol. The van der Waals surface area contributed by atoms with E-state index in [1.807, 2.05) is 24.3 Å². The second-order valence-corrected chi connectivity index (χ2v) is 7.52. The van der Waals surface area contributed by atoms with Gasteiger partial charge in [-0.3, -0.25) is 4.79 Å². The van der Waals surface area contributed by atoms with Gasteiger partial charge in [-0.1, -0.05) is 13.3 Å². The van der Waals surface area contributed by atoms with Crippen molar-refractivity contribution in [3.63, 3.8) is 0 Å². The molecule has 1 amide bonds. The molecule has 0 aliphatic heterocycles. The number of fused-ring (bicyclic) bond motifs is 1. The van der Waals surface area contributed by atoms with Crippen molar-refractivity contribution in [2.45, 2.75) is 19.8 Å².